The van der Waals surface area contributed by atoms with E-state index in [4.69, 9.17) is 11.6 Å². The fraction of sp³-hybridized carbons (Fsp3) is 0.308. The van der Waals surface area contributed by atoms with Crippen molar-refractivity contribution in [1.82, 2.24) is 20.1 Å². The van der Waals surface area contributed by atoms with Gasteiger partial charge in [0.15, 0.2) is 11.0 Å². The molecule has 2 amide bonds. The highest BCUT2D eigenvalue weighted by molar-refractivity contribution is 7.99. The number of thioether (sulfide) groups is 1. The van der Waals surface area contributed by atoms with Crippen LogP contribution in [0.5, 0.6) is 0 Å². The summed E-state index contributed by atoms with van der Waals surface area (Å²) in [5.74, 6) is -0.544. The minimum absolute atomic E-state index is 0.0162. The minimum Gasteiger partial charge on any atom is -0.342 e. The molecule has 0 radical (unpaired) electrons. The molecule has 3 rings (SSSR count). The van der Waals surface area contributed by atoms with Crippen LogP contribution in [0, 0.1) is 12.8 Å². The molecule has 0 saturated heterocycles. The largest absolute Gasteiger partial charge is 0.416 e. The Kier molecular flexibility index (Phi) is 9.61. The summed E-state index contributed by atoms with van der Waals surface area (Å²) >= 11 is 7.02. The lowest BCUT2D eigenvalue weighted by molar-refractivity contribution is -0.137. The fourth-order valence-corrected chi connectivity index (χ4v) is 4.43. The summed E-state index contributed by atoms with van der Waals surface area (Å²) in [6, 6.07) is 9.42. The van der Waals surface area contributed by atoms with E-state index in [0.717, 1.165) is 35.5 Å². The molecule has 0 bridgehead atoms. The molecule has 0 spiro atoms. The third kappa shape index (κ3) is 7.38. The number of hydrogen-bond donors (Lipinski definition) is 2. The van der Waals surface area contributed by atoms with E-state index in [0.29, 0.717) is 23.1 Å². The smallest absolute Gasteiger partial charge is 0.342 e. The number of carbonyl (C=O) groups is 2. The predicted molar refractivity (Wildman–Crippen MR) is 142 cm³/mol. The van der Waals surface area contributed by atoms with Crippen molar-refractivity contribution in [3.05, 3.63) is 82.7 Å². The normalized spacial score (nSPS) is 12.3. The zero-order chi connectivity index (χ0) is 28.0. The molecule has 0 unspecified atom stereocenters. The van der Waals surface area contributed by atoms with Crippen molar-refractivity contribution in [2.75, 3.05) is 11.1 Å². The van der Waals surface area contributed by atoms with Gasteiger partial charge < -0.3 is 15.2 Å². The van der Waals surface area contributed by atoms with Gasteiger partial charge in [-0.15, -0.1) is 16.8 Å². The molecule has 2 aromatic carbocycles. The quantitative estimate of drug-likeness (QED) is 0.222. The number of allylic oxidation sites excluding steroid dienone is 1. The van der Waals surface area contributed by atoms with Crippen molar-refractivity contribution >= 4 is 40.9 Å². The molecule has 0 aliphatic rings. The van der Waals surface area contributed by atoms with E-state index in [2.05, 4.69) is 27.4 Å². The summed E-state index contributed by atoms with van der Waals surface area (Å²) in [5, 5.41) is 14.3. The molecule has 1 aromatic heterocycles. The second-order valence-corrected chi connectivity index (χ2v) is 10.2. The molecule has 3 aromatic rings. The van der Waals surface area contributed by atoms with Gasteiger partial charge in [-0.05, 0) is 43.2 Å². The Hall–Kier alpha value is -3.31. The molecule has 1 atom stereocenters. The first-order chi connectivity index (χ1) is 17.9. The summed E-state index contributed by atoms with van der Waals surface area (Å²) in [5.41, 5.74) is 0.482. The second-order valence-electron chi connectivity index (χ2n) is 8.83. The van der Waals surface area contributed by atoms with E-state index in [1.807, 2.05) is 32.9 Å². The monoisotopic (exact) mass is 565 g/mol. The first-order valence-electron chi connectivity index (χ1n) is 11.6. The van der Waals surface area contributed by atoms with E-state index in [9.17, 15) is 22.8 Å². The number of rotatable bonds is 10. The van der Waals surface area contributed by atoms with Crippen molar-refractivity contribution < 1.29 is 22.8 Å². The number of amides is 2. The van der Waals surface area contributed by atoms with Gasteiger partial charge in [-0.25, -0.2) is 0 Å². The number of benzene rings is 2. The first kappa shape index (κ1) is 29.2. The van der Waals surface area contributed by atoms with Gasteiger partial charge in [0.1, 0.15) is 0 Å². The molecule has 0 aliphatic heterocycles. The molecule has 0 aliphatic carbocycles. The van der Waals surface area contributed by atoms with Crippen LogP contribution < -0.4 is 10.6 Å². The average molecular weight is 566 g/mol. The van der Waals surface area contributed by atoms with Gasteiger partial charge in [-0.1, -0.05) is 61.0 Å². The number of nitrogens with zero attached hydrogens (tertiary/aromatic N) is 3. The van der Waals surface area contributed by atoms with Crippen molar-refractivity contribution in [3.63, 3.8) is 0 Å². The molecule has 7 nitrogen and oxygen atoms in total. The topological polar surface area (TPSA) is 88.9 Å². The van der Waals surface area contributed by atoms with Crippen molar-refractivity contribution in [2.45, 2.75) is 44.7 Å². The van der Waals surface area contributed by atoms with Crippen LogP contribution in [-0.4, -0.2) is 32.3 Å². The third-order valence-electron chi connectivity index (χ3n) is 5.50. The summed E-state index contributed by atoms with van der Waals surface area (Å²) in [6.45, 7) is 9.89. The lowest BCUT2D eigenvalue weighted by Gasteiger charge is -2.22. The van der Waals surface area contributed by atoms with Gasteiger partial charge in [0.05, 0.1) is 28.1 Å². The minimum atomic E-state index is -4.57. The lowest BCUT2D eigenvalue weighted by Crippen LogP contribution is -2.33. The molecule has 12 heteroatoms. The Morgan fingerprint density at radius 2 is 1.84 bits per heavy atom. The van der Waals surface area contributed by atoms with Gasteiger partial charge in [-0.3, -0.25) is 9.59 Å². The first-order valence-corrected chi connectivity index (χ1v) is 13.0. The van der Waals surface area contributed by atoms with Gasteiger partial charge in [-0.2, -0.15) is 13.2 Å². The van der Waals surface area contributed by atoms with Crippen LogP contribution in [0.25, 0.3) is 0 Å². The molecule has 202 valence electrons. The summed E-state index contributed by atoms with van der Waals surface area (Å²) in [6.07, 6.45) is -2.93. The molecule has 1 heterocycles. The molecule has 0 fully saturated rings. The van der Waals surface area contributed by atoms with E-state index in [-0.39, 0.29) is 28.3 Å². The van der Waals surface area contributed by atoms with Crippen LogP contribution in [0.15, 0.2) is 60.3 Å². The molecule has 0 saturated carbocycles. The third-order valence-corrected chi connectivity index (χ3v) is 6.80. The molecular weight excluding hydrogens is 539 g/mol. The Balaban J connectivity index is 1.76. The summed E-state index contributed by atoms with van der Waals surface area (Å²) in [7, 11) is 0. The number of halogens is 4. The Labute approximate surface area is 227 Å². The summed E-state index contributed by atoms with van der Waals surface area (Å²) in [4.78, 5) is 25.4. The number of aryl methyl sites for hydroxylation is 1. The van der Waals surface area contributed by atoms with E-state index >= 15 is 0 Å². The SMILES string of the molecule is C=CCn1c(SCC(=O)Nc2cc(C(F)(F)F)ccc2Cl)nnc1[C@@H](NC(=O)c1ccc(C)cc1)C(C)C. The van der Waals surface area contributed by atoms with Crippen LogP contribution >= 0.6 is 23.4 Å². The second kappa shape index (κ2) is 12.5. The van der Waals surface area contributed by atoms with Gasteiger partial charge in [0, 0.05) is 12.1 Å². The zero-order valence-corrected chi connectivity index (χ0v) is 22.5. The van der Waals surface area contributed by atoms with Gasteiger partial charge >= 0.3 is 6.18 Å². The highest BCUT2D eigenvalue weighted by Crippen LogP contribution is 2.34. The van der Waals surface area contributed by atoms with E-state index in [1.54, 1.807) is 22.8 Å². The molecule has 2 N–H and O–H groups in total. The van der Waals surface area contributed by atoms with Crippen LogP contribution in [0.2, 0.25) is 5.02 Å². The highest BCUT2D eigenvalue weighted by Gasteiger charge is 2.31. The van der Waals surface area contributed by atoms with Crippen LogP contribution in [0.3, 0.4) is 0 Å². The van der Waals surface area contributed by atoms with E-state index in [1.165, 1.54) is 0 Å². The maximum atomic E-state index is 13.0. The Bertz CT molecular complexity index is 1310. The zero-order valence-electron chi connectivity index (χ0n) is 21.0. The van der Waals surface area contributed by atoms with Gasteiger partial charge in [0.25, 0.3) is 5.91 Å². The standard InChI is InChI=1S/C26H27ClF3N5O2S/c1-5-12-35-23(22(15(2)3)32-24(37)17-8-6-16(4)7-9-17)33-34-25(35)38-14-21(36)31-20-13-18(26(28,29)30)10-11-19(20)27/h5-11,13,15,22H,1,12,14H2,2-4H3,(H,31,36)(H,32,37)/t22-/m0/s1. The average Bonchev–Trinajstić information content (AvgIpc) is 3.24. The number of nitrogens with one attached hydrogen (secondary N) is 2. The van der Waals surface area contributed by atoms with Crippen LogP contribution in [0.4, 0.5) is 18.9 Å². The summed E-state index contributed by atoms with van der Waals surface area (Å²) < 4.78 is 40.8. The number of aromatic nitrogens is 3. The predicted octanol–water partition coefficient (Wildman–Crippen LogP) is 6.30. The number of alkyl halides is 3. The van der Waals surface area contributed by atoms with Crippen molar-refractivity contribution in [1.29, 1.82) is 0 Å². The molecule has 38 heavy (non-hydrogen) atoms. The maximum absolute atomic E-state index is 13.0. The lowest BCUT2D eigenvalue weighted by atomic mass is 10.0. The number of anilines is 1. The molecular formula is C26H27ClF3N5O2S. The highest BCUT2D eigenvalue weighted by atomic mass is 35.5. The Morgan fingerprint density at radius 1 is 1.16 bits per heavy atom. The maximum Gasteiger partial charge on any atom is 0.416 e. The van der Waals surface area contributed by atoms with Crippen molar-refractivity contribution in [2.24, 2.45) is 5.92 Å². The number of hydrogen-bond acceptors (Lipinski definition) is 5. The Morgan fingerprint density at radius 3 is 2.45 bits per heavy atom. The van der Waals surface area contributed by atoms with Gasteiger partial charge in [0.2, 0.25) is 5.91 Å². The fourth-order valence-electron chi connectivity index (χ4n) is 3.51. The number of carbonyl (C=O) groups excluding carboxylic acids is 2. The van der Waals surface area contributed by atoms with Crippen LogP contribution in [0.1, 0.15) is 47.2 Å². The van der Waals surface area contributed by atoms with Crippen LogP contribution in [-0.2, 0) is 17.5 Å². The van der Waals surface area contributed by atoms with E-state index < -0.39 is 23.7 Å². The van der Waals surface area contributed by atoms with Crippen molar-refractivity contribution in [3.8, 4) is 0 Å².